The molecule has 0 saturated carbocycles. The average molecular weight is 237 g/mol. The number of fused-ring (bicyclic) bond motifs is 1. The van der Waals surface area contributed by atoms with Crippen LogP contribution < -0.4 is 4.72 Å². The van der Waals surface area contributed by atoms with Crippen molar-refractivity contribution in [3.05, 3.63) is 22.9 Å². The molecule has 16 heavy (non-hydrogen) atoms. The Hall–Kier alpha value is -0.900. The number of hydrogen-bond acceptors (Lipinski definition) is 3. The van der Waals surface area contributed by atoms with Crippen LogP contribution in [0.25, 0.3) is 0 Å². The lowest BCUT2D eigenvalue weighted by molar-refractivity contribution is 0.105. The van der Waals surface area contributed by atoms with E-state index < -0.39 is 0 Å². The van der Waals surface area contributed by atoms with Gasteiger partial charge in [0.15, 0.2) is 0 Å². The van der Waals surface area contributed by atoms with E-state index in [0.29, 0.717) is 17.9 Å². The molecule has 4 heteroatoms. The summed E-state index contributed by atoms with van der Waals surface area (Å²) in [6.45, 7) is 10.9. The molecule has 2 aliphatic rings. The monoisotopic (exact) mass is 237 g/mol. The van der Waals surface area contributed by atoms with Gasteiger partial charge in [0.25, 0.3) is 0 Å². The predicted octanol–water partition coefficient (Wildman–Crippen LogP) is 2.94. The van der Waals surface area contributed by atoms with Crippen LogP contribution >= 0.6 is 11.9 Å². The molecule has 1 fully saturated rings. The van der Waals surface area contributed by atoms with Crippen molar-refractivity contribution in [2.45, 2.75) is 33.2 Å². The van der Waals surface area contributed by atoms with Crippen LogP contribution in [0.4, 0.5) is 0 Å². The molecule has 0 radical (unpaired) electrons. The summed E-state index contributed by atoms with van der Waals surface area (Å²) < 4.78 is 2.89. The summed E-state index contributed by atoms with van der Waals surface area (Å²) >= 11 is 1.56. The lowest BCUT2D eigenvalue weighted by atomic mass is 9.77. The Bertz CT molecular complexity index is 359. The zero-order valence-corrected chi connectivity index (χ0v) is 10.9. The van der Waals surface area contributed by atoms with Crippen LogP contribution in [0.5, 0.6) is 0 Å². The maximum Gasteiger partial charge on any atom is 0.0893 e. The van der Waals surface area contributed by atoms with Gasteiger partial charge >= 0.3 is 0 Å². The van der Waals surface area contributed by atoms with Gasteiger partial charge in [-0.25, -0.2) is 0 Å². The van der Waals surface area contributed by atoms with Crippen LogP contribution in [0.3, 0.4) is 0 Å². The first-order chi connectivity index (χ1) is 7.57. The lowest BCUT2D eigenvalue weighted by Gasteiger charge is -2.50. The third-order valence-electron chi connectivity index (χ3n) is 3.56. The van der Waals surface area contributed by atoms with Crippen molar-refractivity contribution < 1.29 is 0 Å². The van der Waals surface area contributed by atoms with Crippen LogP contribution in [0.2, 0.25) is 0 Å². The second-order valence-corrected chi connectivity index (χ2v) is 5.71. The van der Waals surface area contributed by atoms with Gasteiger partial charge in [-0.3, -0.25) is 5.41 Å². The number of rotatable bonds is 4. The first-order valence-corrected chi connectivity index (χ1v) is 6.48. The highest BCUT2D eigenvalue weighted by atomic mass is 32.2. The van der Waals surface area contributed by atoms with Gasteiger partial charge in [-0.05, 0) is 24.8 Å². The van der Waals surface area contributed by atoms with E-state index in [2.05, 4.69) is 37.0 Å². The van der Waals surface area contributed by atoms with Gasteiger partial charge in [0.2, 0.25) is 0 Å². The van der Waals surface area contributed by atoms with E-state index in [1.54, 1.807) is 11.9 Å². The van der Waals surface area contributed by atoms with E-state index in [0.717, 1.165) is 6.42 Å². The number of nitrogens with one attached hydrogen (secondary N) is 2. The van der Waals surface area contributed by atoms with Gasteiger partial charge in [0.1, 0.15) is 0 Å². The standard InChI is InChI=1S/C12H19N3S/c1-7(2)12-9(4)15-8(3)11(5-10(12)15)16-14-6-13/h6-7,10,12H,4-5H2,1-3H3,(H2,13,14). The number of nitrogens with zero attached hydrogens (tertiary/aromatic N) is 1. The number of allylic oxidation sites excluding steroid dienone is 1. The average Bonchev–Trinajstić information content (AvgIpc) is 2.47. The molecule has 2 rings (SSSR count). The van der Waals surface area contributed by atoms with Crippen LogP contribution in [-0.4, -0.2) is 17.3 Å². The van der Waals surface area contributed by atoms with Gasteiger partial charge in [0, 0.05) is 34.7 Å². The van der Waals surface area contributed by atoms with E-state index in [4.69, 9.17) is 5.41 Å². The molecule has 2 atom stereocenters. The van der Waals surface area contributed by atoms with Crippen molar-refractivity contribution in [3.8, 4) is 0 Å². The van der Waals surface area contributed by atoms with Gasteiger partial charge in [-0.15, -0.1) is 0 Å². The second kappa shape index (κ2) is 4.17. The summed E-state index contributed by atoms with van der Waals surface area (Å²) in [5.74, 6) is 1.30. The first kappa shape index (κ1) is 11.6. The molecule has 0 bridgehead atoms. The molecular weight excluding hydrogens is 218 g/mol. The highest BCUT2D eigenvalue weighted by molar-refractivity contribution is 8.01. The molecule has 1 saturated heterocycles. The third-order valence-corrected chi connectivity index (χ3v) is 4.50. The summed E-state index contributed by atoms with van der Waals surface area (Å²) in [6.07, 6.45) is 2.33. The highest BCUT2D eigenvalue weighted by Crippen LogP contribution is 2.51. The highest BCUT2D eigenvalue weighted by Gasteiger charge is 2.48. The van der Waals surface area contributed by atoms with Crippen molar-refractivity contribution in [2.75, 3.05) is 0 Å². The molecule has 0 aromatic rings. The summed E-state index contributed by atoms with van der Waals surface area (Å²) in [7, 11) is 0. The third kappa shape index (κ3) is 1.56. The minimum atomic E-state index is 0.613. The van der Waals surface area contributed by atoms with Crippen LogP contribution in [-0.2, 0) is 0 Å². The molecule has 2 N–H and O–H groups in total. The van der Waals surface area contributed by atoms with Crippen molar-refractivity contribution in [1.29, 1.82) is 5.41 Å². The summed E-state index contributed by atoms with van der Waals surface area (Å²) in [5.41, 5.74) is 2.58. The Balaban J connectivity index is 2.09. The van der Waals surface area contributed by atoms with Gasteiger partial charge in [-0.2, -0.15) is 0 Å². The topological polar surface area (TPSA) is 39.1 Å². The molecule has 0 aromatic heterocycles. The van der Waals surface area contributed by atoms with E-state index in [9.17, 15) is 0 Å². The van der Waals surface area contributed by atoms with E-state index in [1.807, 2.05) is 0 Å². The molecule has 0 aliphatic carbocycles. The molecule has 0 amide bonds. The molecule has 0 spiro atoms. The SMILES string of the molecule is C=C1C(C(C)C)C2CC(SNC=N)=C(C)N12. The predicted molar refractivity (Wildman–Crippen MR) is 69.9 cm³/mol. The van der Waals surface area contributed by atoms with Crippen LogP contribution in [0.1, 0.15) is 27.2 Å². The van der Waals surface area contributed by atoms with Crippen LogP contribution in [0, 0.1) is 17.2 Å². The van der Waals surface area contributed by atoms with Crippen molar-refractivity contribution >= 4 is 18.3 Å². The van der Waals surface area contributed by atoms with Gasteiger partial charge < -0.3 is 9.62 Å². The molecule has 3 nitrogen and oxygen atoms in total. The Morgan fingerprint density at radius 1 is 1.62 bits per heavy atom. The van der Waals surface area contributed by atoms with Gasteiger partial charge in [0.05, 0.1) is 6.34 Å². The second-order valence-electron chi connectivity index (χ2n) is 4.78. The Morgan fingerprint density at radius 3 is 2.88 bits per heavy atom. The smallest absolute Gasteiger partial charge is 0.0893 e. The Morgan fingerprint density at radius 2 is 2.31 bits per heavy atom. The molecule has 2 unspecified atom stereocenters. The summed E-state index contributed by atoms with van der Waals surface area (Å²) in [6, 6.07) is 0.613. The van der Waals surface area contributed by atoms with E-state index in [1.165, 1.54) is 22.6 Å². The Labute approximate surface area is 102 Å². The van der Waals surface area contributed by atoms with E-state index in [-0.39, 0.29) is 0 Å². The first-order valence-electron chi connectivity index (χ1n) is 5.67. The van der Waals surface area contributed by atoms with Crippen molar-refractivity contribution in [3.63, 3.8) is 0 Å². The fourth-order valence-electron chi connectivity index (χ4n) is 2.87. The fraction of sp³-hybridized carbons (Fsp3) is 0.583. The minimum absolute atomic E-state index is 0.613. The zero-order chi connectivity index (χ0) is 11.9. The molecule has 2 aliphatic heterocycles. The van der Waals surface area contributed by atoms with Crippen molar-refractivity contribution in [2.24, 2.45) is 11.8 Å². The minimum Gasteiger partial charge on any atom is -0.344 e. The summed E-state index contributed by atoms with van der Waals surface area (Å²) in [5, 5.41) is 6.99. The molecule has 88 valence electrons. The quantitative estimate of drug-likeness (QED) is 0.448. The lowest BCUT2D eigenvalue weighted by Crippen LogP contribution is -2.51. The Kier molecular flexibility index (Phi) is 3.02. The van der Waals surface area contributed by atoms with E-state index >= 15 is 0 Å². The normalized spacial score (nSPS) is 28.2. The van der Waals surface area contributed by atoms with Crippen LogP contribution in [0.15, 0.2) is 22.9 Å². The molecular formula is C12H19N3S. The maximum atomic E-state index is 6.99. The molecule has 2 heterocycles. The summed E-state index contributed by atoms with van der Waals surface area (Å²) in [4.78, 5) is 3.70. The zero-order valence-electron chi connectivity index (χ0n) is 10.1. The van der Waals surface area contributed by atoms with Gasteiger partial charge in [-0.1, -0.05) is 20.4 Å². The van der Waals surface area contributed by atoms with Crippen molar-refractivity contribution in [1.82, 2.24) is 9.62 Å². The fourth-order valence-corrected chi connectivity index (χ4v) is 3.58. The molecule has 0 aromatic carbocycles. The number of hydrogen-bond donors (Lipinski definition) is 2. The largest absolute Gasteiger partial charge is 0.344 e. The maximum absolute atomic E-state index is 6.99.